The average molecular weight is 732 g/mol. The summed E-state index contributed by atoms with van der Waals surface area (Å²) in [5.41, 5.74) is -3.98. The van der Waals surface area contributed by atoms with Crippen molar-refractivity contribution in [1.82, 2.24) is 5.32 Å². The van der Waals surface area contributed by atoms with E-state index in [2.05, 4.69) is 30.6 Å². The van der Waals surface area contributed by atoms with Crippen molar-refractivity contribution < 1.29 is 56.7 Å². The second-order valence-corrected chi connectivity index (χ2v) is 16.8. The normalized spacial score (nSPS) is 16.7. The zero-order chi connectivity index (χ0) is 36.5. The molecular weight excluding hydrogens is 671 g/mol. The van der Waals surface area contributed by atoms with Crippen molar-refractivity contribution in [3.63, 3.8) is 0 Å². The van der Waals surface area contributed by atoms with Crippen molar-refractivity contribution in [2.45, 2.75) is 91.2 Å². The predicted octanol–water partition coefficient (Wildman–Crippen LogP) is 4.52. The molecule has 0 saturated carbocycles. The number of hydrogen-bond acceptors (Lipinski definition) is 11. The lowest BCUT2D eigenvalue weighted by molar-refractivity contribution is -0.870. The minimum absolute atomic E-state index is 0.00748. The molecule has 13 nitrogen and oxygen atoms in total. The molecule has 1 amide bonds. The number of unbranched alkanes of at least 4 members (excludes halogenated alkanes) is 1. The third-order valence-electron chi connectivity index (χ3n) is 7.85. The van der Waals surface area contributed by atoms with Gasteiger partial charge in [0.15, 0.2) is 0 Å². The number of phosphoric ester groups is 1. The van der Waals surface area contributed by atoms with Gasteiger partial charge in [0.25, 0.3) is 0 Å². The summed E-state index contributed by atoms with van der Waals surface area (Å²) < 4.78 is 33.3. The summed E-state index contributed by atoms with van der Waals surface area (Å²) in [5.74, 6) is -1.90. The number of ether oxygens (including phenoxy) is 2. The van der Waals surface area contributed by atoms with Crippen LogP contribution in [0.1, 0.15) is 86.0 Å². The van der Waals surface area contributed by atoms with Gasteiger partial charge in [-0.15, -0.1) is 0 Å². The molecule has 0 bridgehead atoms. The number of amides is 1. The number of rotatable bonds is 26. The molecule has 0 fully saturated rings. The lowest BCUT2D eigenvalue weighted by Gasteiger charge is -2.39. The molecular formula is C31H60N2O11PS2+. The van der Waals surface area contributed by atoms with E-state index in [0.717, 1.165) is 25.0 Å². The van der Waals surface area contributed by atoms with Crippen molar-refractivity contribution in [3.8, 4) is 0 Å². The van der Waals surface area contributed by atoms with Crippen LogP contribution in [0.15, 0.2) is 0 Å². The highest BCUT2D eigenvalue weighted by Gasteiger charge is 2.49. The first-order chi connectivity index (χ1) is 21.5. The van der Waals surface area contributed by atoms with Gasteiger partial charge in [-0.2, -0.15) is 25.3 Å². The molecule has 4 unspecified atom stereocenters. The minimum atomic E-state index is -4.35. The zero-order valence-corrected chi connectivity index (χ0v) is 32.2. The minimum Gasteiger partial charge on any atom is -0.481 e. The Balaban J connectivity index is 5.23. The zero-order valence-electron chi connectivity index (χ0n) is 29.5. The van der Waals surface area contributed by atoms with Crippen LogP contribution in [0.4, 0.5) is 0 Å². The molecule has 0 spiro atoms. The Bertz CT molecular complexity index is 1060. The summed E-state index contributed by atoms with van der Waals surface area (Å²) in [6, 6.07) is 0. The number of phosphoric acid groups is 1. The van der Waals surface area contributed by atoms with Crippen LogP contribution >= 0.6 is 33.1 Å². The van der Waals surface area contributed by atoms with Crippen molar-refractivity contribution in [1.29, 1.82) is 0 Å². The summed E-state index contributed by atoms with van der Waals surface area (Å²) in [6.07, 6.45) is 3.71. The molecule has 16 heteroatoms. The number of carbonyl (C=O) groups is 4. The summed E-state index contributed by atoms with van der Waals surface area (Å²) in [7, 11) is 1.36. The fourth-order valence-corrected chi connectivity index (χ4v) is 6.49. The van der Waals surface area contributed by atoms with Crippen LogP contribution in [0, 0.1) is 16.2 Å². The van der Waals surface area contributed by atoms with Crippen molar-refractivity contribution in [2.75, 3.05) is 66.4 Å². The van der Waals surface area contributed by atoms with Crippen molar-refractivity contribution >= 4 is 56.9 Å². The molecule has 0 radical (unpaired) electrons. The summed E-state index contributed by atoms with van der Waals surface area (Å²) in [6.45, 7) is 7.59. The van der Waals surface area contributed by atoms with Crippen LogP contribution in [-0.2, 0) is 42.3 Å². The fraction of sp³-hybridized carbons (Fsp3) is 0.871. The molecule has 0 rings (SSSR count). The van der Waals surface area contributed by atoms with Gasteiger partial charge >= 0.3 is 25.7 Å². The topological polar surface area (TPSA) is 175 Å². The molecule has 0 aliphatic carbocycles. The Morgan fingerprint density at radius 1 is 0.872 bits per heavy atom. The number of quaternary nitrogens is 1. The lowest BCUT2D eigenvalue weighted by Crippen LogP contribution is -2.44. The van der Waals surface area contributed by atoms with Crippen molar-refractivity contribution in [3.05, 3.63) is 0 Å². The SMILES string of the molecule is CCC(C)(CC(C)(CC(C)(C)C(=O)OCCOP(=O)(O)OCC[N+](C)(C)C)C(=O)OCCNC(=O)CCCCC(S)CCS)C(=O)O. The van der Waals surface area contributed by atoms with Gasteiger partial charge < -0.3 is 29.3 Å². The van der Waals surface area contributed by atoms with Crippen molar-refractivity contribution in [2.24, 2.45) is 16.2 Å². The van der Waals surface area contributed by atoms with E-state index < -0.39 is 48.6 Å². The summed E-state index contributed by atoms with van der Waals surface area (Å²) in [4.78, 5) is 60.8. The van der Waals surface area contributed by atoms with E-state index in [-0.39, 0.29) is 56.8 Å². The Kier molecular flexibility index (Phi) is 20.4. The maximum Gasteiger partial charge on any atom is 0.472 e. The third-order valence-corrected chi connectivity index (χ3v) is 9.65. The van der Waals surface area contributed by atoms with E-state index >= 15 is 0 Å². The molecule has 4 atom stereocenters. The highest BCUT2D eigenvalue weighted by molar-refractivity contribution is 7.81. The van der Waals surface area contributed by atoms with Crippen LogP contribution in [0.25, 0.3) is 0 Å². The van der Waals surface area contributed by atoms with Gasteiger partial charge in [0, 0.05) is 11.7 Å². The Hall–Kier alpha value is -1.35. The second-order valence-electron chi connectivity index (χ2n) is 14.2. The van der Waals surface area contributed by atoms with Gasteiger partial charge in [-0.05, 0) is 72.0 Å². The third kappa shape index (κ3) is 19.4. The first-order valence-corrected chi connectivity index (χ1v) is 18.7. The van der Waals surface area contributed by atoms with Crippen LogP contribution in [0.5, 0.6) is 0 Å². The Labute approximate surface area is 292 Å². The van der Waals surface area contributed by atoms with Crippen LogP contribution < -0.4 is 5.32 Å². The van der Waals surface area contributed by atoms with E-state index in [1.165, 1.54) is 6.92 Å². The van der Waals surface area contributed by atoms with E-state index in [1.54, 1.807) is 27.7 Å². The smallest absolute Gasteiger partial charge is 0.472 e. The maximum atomic E-state index is 13.5. The summed E-state index contributed by atoms with van der Waals surface area (Å²) >= 11 is 8.69. The molecule has 276 valence electrons. The van der Waals surface area contributed by atoms with E-state index in [4.69, 9.17) is 18.5 Å². The molecule has 0 aromatic carbocycles. The first kappa shape index (κ1) is 45.6. The molecule has 0 aliphatic rings. The highest BCUT2D eigenvalue weighted by atomic mass is 32.1. The lowest BCUT2D eigenvalue weighted by atomic mass is 9.65. The van der Waals surface area contributed by atoms with Gasteiger partial charge in [0.2, 0.25) is 5.91 Å². The van der Waals surface area contributed by atoms with Crippen LogP contribution in [0.3, 0.4) is 0 Å². The number of carboxylic acid groups (broad SMARTS) is 1. The number of thiol groups is 2. The highest BCUT2D eigenvalue weighted by Crippen LogP contribution is 2.46. The van der Waals surface area contributed by atoms with Gasteiger partial charge in [-0.25, -0.2) is 4.57 Å². The maximum absolute atomic E-state index is 13.5. The number of carboxylic acids is 1. The molecule has 3 N–H and O–H groups in total. The van der Waals surface area contributed by atoms with E-state index in [0.29, 0.717) is 23.9 Å². The molecule has 0 aromatic rings. The van der Waals surface area contributed by atoms with Gasteiger partial charge in [-0.3, -0.25) is 28.2 Å². The quantitative estimate of drug-likeness (QED) is 0.0278. The monoisotopic (exact) mass is 731 g/mol. The number of aliphatic carboxylic acids is 1. The van der Waals surface area contributed by atoms with E-state index in [9.17, 15) is 33.7 Å². The van der Waals surface area contributed by atoms with Gasteiger partial charge in [0.1, 0.15) is 26.4 Å². The summed E-state index contributed by atoms with van der Waals surface area (Å²) in [5, 5.41) is 12.9. The predicted molar refractivity (Wildman–Crippen MR) is 186 cm³/mol. The van der Waals surface area contributed by atoms with Crippen LogP contribution in [0.2, 0.25) is 0 Å². The number of hydrogen-bond donors (Lipinski definition) is 5. The molecule has 0 saturated heterocycles. The number of nitrogens with zero attached hydrogens (tertiary/aromatic N) is 1. The van der Waals surface area contributed by atoms with Gasteiger partial charge in [-0.1, -0.05) is 13.3 Å². The van der Waals surface area contributed by atoms with Gasteiger partial charge in [0.05, 0.1) is 50.5 Å². The first-order valence-electron chi connectivity index (χ1n) is 16.1. The molecule has 0 aromatic heterocycles. The average Bonchev–Trinajstić information content (AvgIpc) is 2.94. The largest absolute Gasteiger partial charge is 0.481 e. The van der Waals surface area contributed by atoms with Crippen LogP contribution in [-0.4, -0.2) is 110 Å². The number of esters is 2. The Morgan fingerprint density at radius 2 is 1.47 bits per heavy atom. The fourth-order valence-electron chi connectivity index (χ4n) is 4.97. The molecule has 0 heterocycles. The Morgan fingerprint density at radius 3 is 2.02 bits per heavy atom. The standard InChI is InChI=1S/C31H59N2O11PS2/c1-9-30(4,26(35)36)23-31(5,28(38)41-17-15-32-25(34)13-11-10-12-24(47)14-21-46)22-29(2,3)27(37)42-19-20-44-45(39,40)43-18-16-33(6,7)8/h24H,9-23H2,1-8H3,(H4-,32,34,35,36,39,40,46,47)/p+1. The number of likely N-dealkylation sites (N-methyl/N-ethyl adjacent to an activating group) is 1. The molecule has 0 aliphatic heterocycles. The number of carbonyl (C=O) groups excluding carboxylic acids is 3. The van der Waals surface area contributed by atoms with E-state index in [1.807, 2.05) is 21.1 Å². The second kappa shape index (κ2) is 21.0. The number of nitrogens with one attached hydrogen (secondary N) is 1. The molecule has 47 heavy (non-hydrogen) atoms.